The molecule has 0 spiro atoms. The van der Waals surface area contributed by atoms with Gasteiger partial charge in [0.15, 0.2) is 11.0 Å². The van der Waals surface area contributed by atoms with E-state index in [1.165, 1.54) is 18.2 Å². The van der Waals surface area contributed by atoms with Crippen molar-refractivity contribution in [2.24, 2.45) is 0 Å². The maximum Gasteiger partial charge on any atom is 0.254 e. The fourth-order valence-electron chi connectivity index (χ4n) is 3.42. The van der Waals surface area contributed by atoms with Crippen LogP contribution in [0.1, 0.15) is 23.1 Å². The molecule has 0 saturated carbocycles. The van der Waals surface area contributed by atoms with Crippen LogP contribution in [0.3, 0.4) is 0 Å². The molecule has 12 heteroatoms. The number of hydrogen-bond acceptors (Lipinski definition) is 6. The molecule has 0 atom stereocenters. The molecule has 0 aliphatic heterocycles. The van der Waals surface area contributed by atoms with Crippen LogP contribution in [0.15, 0.2) is 71.9 Å². The SMILES string of the molecule is CCOc1ccc(NC(=O)CSc2nnc(CNC(=O)c3ccccc3F)n2-c2ccc(Cl)c(Cl)c2)cc1. The maximum absolute atomic E-state index is 14.0. The Morgan fingerprint density at radius 3 is 2.50 bits per heavy atom. The molecule has 0 aliphatic carbocycles. The number of benzene rings is 3. The Kier molecular flexibility index (Phi) is 9.22. The number of carbonyl (C=O) groups excluding carboxylic acids is 2. The molecular formula is C26H22Cl2FN5O3S. The molecule has 1 aromatic heterocycles. The average Bonchev–Trinajstić information content (AvgIpc) is 3.32. The summed E-state index contributed by atoms with van der Waals surface area (Å²) in [6, 6.07) is 17.7. The number of halogens is 3. The van der Waals surface area contributed by atoms with Crippen LogP contribution in [-0.2, 0) is 11.3 Å². The Morgan fingerprint density at radius 2 is 1.79 bits per heavy atom. The monoisotopic (exact) mass is 573 g/mol. The van der Waals surface area contributed by atoms with Crippen molar-refractivity contribution in [2.45, 2.75) is 18.6 Å². The molecule has 3 aromatic carbocycles. The van der Waals surface area contributed by atoms with Crippen LogP contribution in [-0.4, -0.2) is 38.9 Å². The number of rotatable bonds is 10. The van der Waals surface area contributed by atoms with Gasteiger partial charge in [-0.3, -0.25) is 14.2 Å². The van der Waals surface area contributed by atoms with Crippen LogP contribution in [0.5, 0.6) is 5.75 Å². The predicted octanol–water partition coefficient (Wildman–Crippen LogP) is 5.77. The minimum atomic E-state index is -0.634. The van der Waals surface area contributed by atoms with Crippen molar-refractivity contribution in [3.63, 3.8) is 0 Å². The fourth-order valence-corrected chi connectivity index (χ4v) is 4.48. The number of aromatic nitrogens is 3. The predicted molar refractivity (Wildman–Crippen MR) is 146 cm³/mol. The molecule has 0 bridgehead atoms. The highest BCUT2D eigenvalue weighted by molar-refractivity contribution is 7.99. The molecule has 0 aliphatic rings. The molecule has 0 fully saturated rings. The third kappa shape index (κ3) is 6.83. The molecular weight excluding hydrogens is 552 g/mol. The standard InChI is InChI=1S/C26H22Cl2FN5O3S/c1-2-37-18-10-7-16(8-11-18)31-24(35)15-38-26-33-32-23(34(26)17-9-12-20(27)21(28)13-17)14-30-25(36)19-5-3-4-6-22(19)29/h3-13H,2,14-15H2,1H3,(H,30,36)(H,31,35). The first-order chi connectivity index (χ1) is 18.4. The molecule has 4 aromatic rings. The summed E-state index contributed by atoms with van der Waals surface area (Å²) in [5.74, 6) is -0.390. The van der Waals surface area contributed by atoms with Crippen LogP contribution in [0.2, 0.25) is 10.0 Å². The fraction of sp³-hybridized carbons (Fsp3) is 0.154. The van der Waals surface area contributed by atoms with E-state index in [2.05, 4.69) is 20.8 Å². The number of hydrogen-bond donors (Lipinski definition) is 2. The van der Waals surface area contributed by atoms with Crippen molar-refractivity contribution in [1.29, 1.82) is 0 Å². The van der Waals surface area contributed by atoms with Gasteiger partial charge >= 0.3 is 0 Å². The molecule has 2 amide bonds. The van der Waals surface area contributed by atoms with E-state index in [0.29, 0.717) is 44.8 Å². The van der Waals surface area contributed by atoms with Crippen LogP contribution in [0, 0.1) is 5.82 Å². The lowest BCUT2D eigenvalue weighted by atomic mass is 10.2. The Labute approximate surface area is 232 Å². The summed E-state index contributed by atoms with van der Waals surface area (Å²) in [6.07, 6.45) is 0. The highest BCUT2D eigenvalue weighted by atomic mass is 35.5. The highest BCUT2D eigenvalue weighted by Crippen LogP contribution is 2.28. The van der Waals surface area contributed by atoms with Gasteiger partial charge < -0.3 is 15.4 Å². The van der Waals surface area contributed by atoms with Gasteiger partial charge in [-0.05, 0) is 61.5 Å². The number of ether oxygens (including phenoxy) is 1. The van der Waals surface area contributed by atoms with Crippen LogP contribution in [0.25, 0.3) is 5.69 Å². The van der Waals surface area contributed by atoms with E-state index in [0.717, 1.165) is 11.8 Å². The summed E-state index contributed by atoms with van der Waals surface area (Å²) in [5, 5.41) is 14.9. The normalized spacial score (nSPS) is 10.7. The van der Waals surface area contributed by atoms with E-state index >= 15 is 0 Å². The lowest BCUT2D eigenvalue weighted by Gasteiger charge is -2.12. The van der Waals surface area contributed by atoms with Gasteiger partial charge in [0.25, 0.3) is 5.91 Å². The maximum atomic E-state index is 14.0. The van der Waals surface area contributed by atoms with Crippen molar-refractivity contribution in [3.05, 3.63) is 94.0 Å². The first kappa shape index (κ1) is 27.4. The van der Waals surface area contributed by atoms with Gasteiger partial charge in [-0.1, -0.05) is 47.1 Å². The molecule has 0 unspecified atom stereocenters. The largest absolute Gasteiger partial charge is 0.494 e. The number of anilines is 1. The molecule has 196 valence electrons. The van der Waals surface area contributed by atoms with Gasteiger partial charge in [0.2, 0.25) is 5.91 Å². The van der Waals surface area contributed by atoms with E-state index in [9.17, 15) is 14.0 Å². The third-order valence-corrected chi connectivity index (χ3v) is 6.84. The molecule has 38 heavy (non-hydrogen) atoms. The minimum absolute atomic E-state index is 0.0360. The zero-order chi connectivity index (χ0) is 27.1. The van der Waals surface area contributed by atoms with Gasteiger partial charge in [-0.2, -0.15) is 0 Å². The summed E-state index contributed by atoms with van der Waals surface area (Å²) < 4.78 is 21.1. The number of amides is 2. The topological polar surface area (TPSA) is 98.1 Å². The van der Waals surface area contributed by atoms with Crippen molar-refractivity contribution in [2.75, 3.05) is 17.7 Å². The molecule has 1 heterocycles. The van der Waals surface area contributed by atoms with Crippen molar-refractivity contribution < 1.29 is 18.7 Å². The quantitative estimate of drug-likeness (QED) is 0.234. The summed E-state index contributed by atoms with van der Waals surface area (Å²) in [4.78, 5) is 25.1. The second-order valence-electron chi connectivity index (χ2n) is 7.79. The van der Waals surface area contributed by atoms with E-state index in [-0.39, 0.29) is 23.8 Å². The Hall–Kier alpha value is -3.60. The summed E-state index contributed by atoms with van der Waals surface area (Å²) >= 11 is 13.5. The van der Waals surface area contributed by atoms with Crippen LogP contribution < -0.4 is 15.4 Å². The van der Waals surface area contributed by atoms with Gasteiger partial charge in [0.05, 0.1) is 40.2 Å². The molecule has 8 nitrogen and oxygen atoms in total. The summed E-state index contributed by atoms with van der Waals surface area (Å²) in [5.41, 5.74) is 1.11. The van der Waals surface area contributed by atoms with Crippen LogP contribution in [0.4, 0.5) is 10.1 Å². The van der Waals surface area contributed by atoms with Crippen molar-refractivity contribution in [3.8, 4) is 11.4 Å². The Balaban J connectivity index is 1.50. The Morgan fingerprint density at radius 1 is 1.03 bits per heavy atom. The number of thioether (sulfide) groups is 1. The zero-order valence-electron chi connectivity index (χ0n) is 20.1. The zero-order valence-corrected chi connectivity index (χ0v) is 22.4. The first-order valence-electron chi connectivity index (χ1n) is 11.4. The summed E-state index contributed by atoms with van der Waals surface area (Å²) in [6.45, 7) is 2.39. The molecule has 0 radical (unpaired) electrons. The van der Waals surface area contributed by atoms with Gasteiger partial charge in [-0.25, -0.2) is 4.39 Å². The third-order valence-electron chi connectivity index (χ3n) is 5.17. The lowest BCUT2D eigenvalue weighted by Crippen LogP contribution is -2.25. The Bertz CT molecular complexity index is 1450. The lowest BCUT2D eigenvalue weighted by molar-refractivity contribution is -0.113. The van der Waals surface area contributed by atoms with Crippen LogP contribution >= 0.6 is 35.0 Å². The van der Waals surface area contributed by atoms with E-state index in [4.69, 9.17) is 27.9 Å². The number of carbonyl (C=O) groups is 2. The van der Waals surface area contributed by atoms with E-state index in [1.54, 1.807) is 53.1 Å². The van der Waals surface area contributed by atoms with Gasteiger partial charge in [0, 0.05) is 5.69 Å². The molecule has 0 saturated heterocycles. The van der Waals surface area contributed by atoms with Gasteiger partial charge in [-0.15, -0.1) is 10.2 Å². The van der Waals surface area contributed by atoms with E-state index < -0.39 is 11.7 Å². The van der Waals surface area contributed by atoms with E-state index in [1.807, 2.05) is 6.92 Å². The van der Waals surface area contributed by atoms with Crippen molar-refractivity contribution in [1.82, 2.24) is 20.1 Å². The number of nitrogens with zero attached hydrogens (tertiary/aromatic N) is 3. The van der Waals surface area contributed by atoms with Gasteiger partial charge in [0.1, 0.15) is 11.6 Å². The second kappa shape index (κ2) is 12.8. The average molecular weight is 574 g/mol. The minimum Gasteiger partial charge on any atom is -0.494 e. The van der Waals surface area contributed by atoms with Crippen molar-refractivity contribution >= 4 is 52.5 Å². The molecule has 2 N–H and O–H groups in total. The highest BCUT2D eigenvalue weighted by Gasteiger charge is 2.19. The summed E-state index contributed by atoms with van der Waals surface area (Å²) in [7, 11) is 0. The second-order valence-corrected chi connectivity index (χ2v) is 9.55. The molecule has 4 rings (SSSR count). The number of nitrogens with one attached hydrogen (secondary N) is 2. The first-order valence-corrected chi connectivity index (χ1v) is 13.2. The smallest absolute Gasteiger partial charge is 0.254 e.